The van der Waals surface area contributed by atoms with Crippen molar-refractivity contribution in [3.8, 4) is 0 Å². The van der Waals surface area contributed by atoms with Crippen LogP contribution in [0.1, 0.15) is 24.7 Å². The number of aliphatic hydroxyl groups excluding tert-OH is 1. The molecule has 0 aromatic carbocycles. The molecule has 0 unspecified atom stereocenters. The zero-order valence-corrected chi connectivity index (χ0v) is 11.1. The van der Waals surface area contributed by atoms with Gasteiger partial charge in [-0.25, -0.2) is 18.7 Å². The number of aliphatic hydroxyl groups is 1. The molecular formula is C11H16ClF2N3O. The van der Waals surface area contributed by atoms with Gasteiger partial charge in [-0.05, 0) is 13.3 Å². The van der Waals surface area contributed by atoms with E-state index in [9.17, 15) is 8.78 Å². The molecule has 0 spiro atoms. The second-order valence-electron chi connectivity index (χ2n) is 4.02. The predicted octanol–water partition coefficient (Wildman–Crippen LogP) is 2.43. The zero-order chi connectivity index (χ0) is 13.8. The molecule has 1 aromatic rings. The van der Waals surface area contributed by atoms with Crippen molar-refractivity contribution in [2.75, 3.05) is 18.5 Å². The minimum Gasteiger partial charge on any atom is -0.390 e. The normalized spacial score (nSPS) is 11.7. The maximum Gasteiger partial charge on any atom is 0.287 e. The van der Waals surface area contributed by atoms with Crippen LogP contribution in [-0.2, 0) is 6.42 Å². The number of aromatic nitrogens is 2. The summed E-state index contributed by atoms with van der Waals surface area (Å²) < 4.78 is 25.9. The molecule has 1 rings (SSSR count). The summed E-state index contributed by atoms with van der Waals surface area (Å²) in [5.74, 6) is -2.39. The number of alkyl halides is 2. The zero-order valence-electron chi connectivity index (χ0n) is 10.3. The van der Waals surface area contributed by atoms with E-state index in [0.717, 1.165) is 6.42 Å². The van der Waals surface area contributed by atoms with E-state index < -0.39 is 19.1 Å². The molecular weight excluding hydrogens is 264 g/mol. The number of hydrogen-bond donors (Lipinski definition) is 2. The lowest BCUT2D eigenvalue weighted by Gasteiger charge is -2.16. The molecule has 2 N–H and O–H groups in total. The van der Waals surface area contributed by atoms with E-state index in [0.29, 0.717) is 17.8 Å². The van der Waals surface area contributed by atoms with Crippen molar-refractivity contribution in [2.45, 2.75) is 32.6 Å². The van der Waals surface area contributed by atoms with Crippen LogP contribution in [0.25, 0.3) is 0 Å². The lowest BCUT2D eigenvalue weighted by atomic mass is 10.3. The SMILES string of the molecule is CCCc1nc(Cl)c(C)c(NCC(F)(F)CO)n1. The van der Waals surface area contributed by atoms with E-state index in [1.54, 1.807) is 6.92 Å². The molecule has 0 aliphatic carbocycles. The Morgan fingerprint density at radius 3 is 2.61 bits per heavy atom. The van der Waals surface area contributed by atoms with E-state index in [2.05, 4.69) is 15.3 Å². The number of aryl methyl sites for hydroxylation is 1. The van der Waals surface area contributed by atoms with Crippen LogP contribution in [0.4, 0.5) is 14.6 Å². The van der Waals surface area contributed by atoms with Crippen molar-refractivity contribution in [1.82, 2.24) is 9.97 Å². The van der Waals surface area contributed by atoms with E-state index in [-0.39, 0.29) is 11.0 Å². The van der Waals surface area contributed by atoms with Crippen LogP contribution in [-0.4, -0.2) is 34.1 Å². The third-order valence-corrected chi connectivity index (χ3v) is 2.72. The van der Waals surface area contributed by atoms with Gasteiger partial charge >= 0.3 is 0 Å². The summed E-state index contributed by atoms with van der Waals surface area (Å²) in [5, 5.41) is 11.2. The van der Waals surface area contributed by atoms with Crippen LogP contribution in [0.2, 0.25) is 5.15 Å². The van der Waals surface area contributed by atoms with Gasteiger partial charge in [0.05, 0.1) is 6.54 Å². The molecule has 0 radical (unpaired) electrons. The highest BCUT2D eigenvalue weighted by Crippen LogP contribution is 2.22. The van der Waals surface area contributed by atoms with Gasteiger partial charge in [-0.2, -0.15) is 0 Å². The fraction of sp³-hybridized carbons (Fsp3) is 0.636. The molecule has 0 aliphatic rings. The Kier molecular flexibility index (Phi) is 5.22. The highest BCUT2D eigenvalue weighted by atomic mass is 35.5. The third kappa shape index (κ3) is 4.03. The molecule has 18 heavy (non-hydrogen) atoms. The highest BCUT2D eigenvalue weighted by molar-refractivity contribution is 6.30. The summed E-state index contributed by atoms with van der Waals surface area (Å²) in [6.45, 7) is 1.71. The Morgan fingerprint density at radius 2 is 2.06 bits per heavy atom. The summed E-state index contributed by atoms with van der Waals surface area (Å²) in [6, 6.07) is 0. The summed E-state index contributed by atoms with van der Waals surface area (Å²) >= 11 is 5.91. The predicted molar refractivity (Wildman–Crippen MR) is 66.3 cm³/mol. The van der Waals surface area contributed by atoms with Gasteiger partial charge in [0.2, 0.25) is 0 Å². The molecule has 1 aromatic heterocycles. The van der Waals surface area contributed by atoms with Crippen LogP contribution in [0.15, 0.2) is 0 Å². The standard InChI is InChI=1S/C11H16ClF2N3O/c1-3-4-8-16-9(12)7(2)10(17-8)15-5-11(13,14)6-18/h18H,3-6H2,1-2H3,(H,15,16,17). The summed E-state index contributed by atoms with van der Waals surface area (Å²) in [6.07, 6.45) is 1.47. The van der Waals surface area contributed by atoms with Gasteiger partial charge in [0.15, 0.2) is 0 Å². The quantitative estimate of drug-likeness (QED) is 0.785. The number of nitrogens with one attached hydrogen (secondary N) is 1. The first-order valence-electron chi connectivity index (χ1n) is 5.65. The maximum atomic E-state index is 12.9. The number of rotatable bonds is 6. The van der Waals surface area contributed by atoms with Gasteiger partial charge < -0.3 is 10.4 Å². The van der Waals surface area contributed by atoms with Gasteiger partial charge in [-0.15, -0.1) is 0 Å². The van der Waals surface area contributed by atoms with Crippen LogP contribution in [0.3, 0.4) is 0 Å². The van der Waals surface area contributed by atoms with Crippen LogP contribution < -0.4 is 5.32 Å². The lowest BCUT2D eigenvalue weighted by molar-refractivity contribution is -0.0373. The van der Waals surface area contributed by atoms with E-state index in [1.807, 2.05) is 6.92 Å². The Balaban J connectivity index is 2.87. The molecule has 0 amide bonds. The first kappa shape index (κ1) is 15.0. The van der Waals surface area contributed by atoms with Crippen molar-refractivity contribution in [2.24, 2.45) is 0 Å². The smallest absolute Gasteiger partial charge is 0.287 e. The molecule has 7 heteroatoms. The summed E-state index contributed by atoms with van der Waals surface area (Å²) in [4.78, 5) is 8.20. The molecule has 0 saturated carbocycles. The van der Waals surface area contributed by atoms with Gasteiger partial charge in [0.25, 0.3) is 5.92 Å². The minimum absolute atomic E-state index is 0.253. The molecule has 0 saturated heterocycles. The number of halogens is 3. The fourth-order valence-electron chi connectivity index (χ4n) is 1.31. The topological polar surface area (TPSA) is 58.0 Å². The van der Waals surface area contributed by atoms with E-state index in [4.69, 9.17) is 16.7 Å². The van der Waals surface area contributed by atoms with Gasteiger partial charge in [0.1, 0.15) is 23.4 Å². The molecule has 0 fully saturated rings. The van der Waals surface area contributed by atoms with Gasteiger partial charge in [0, 0.05) is 12.0 Å². The van der Waals surface area contributed by atoms with Crippen LogP contribution in [0, 0.1) is 6.92 Å². The second-order valence-corrected chi connectivity index (χ2v) is 4.38. The Labute approximate surface area is 109 Å². The van der Waals surface area contributed by atoms with Gasteiger partial charge in [-0.1, -0.05) is 18.5 Å². The minimum atomic E-state index is -3.19. The molecule has 0 bridgehead atoms. The Bertz CT molecular complexity index is 416. The first-order chi connectivity index (χ1) is 8.39. The Hall–Kier alpha value is -1.01. The summed E-state index contributed by atoms with van der Waals surface area (Å²) in [7, 11) is 0. The third-order valence-electron chi connectivity index (χ3n) is 2.35. The molecule has 0 aliphatic heterocycles. The molecule has 0 atom stereocenters. The molecule has 102 valence electrons. The highest BCUT2D eigenvalue weighted by Gasteiger charge is 2.27. The monoisotopic (exact) mass is 279 g/mol. The largest absolute Gasteiger partial charge is 0.390 e. The number of anilines is 1. The number of nitrogens with zero attached hydrogens (tertiary/aromatic N) is 2. The molecule has 4 nitrogen and oxygen atoms in total. The van der Waals surface area contributed by atoms with Crippen molar-refractivity contribution in [3.05, 3.63) is 16.5 Å². The van der Waals surface area contributed by atoms with Crippen molar-refractivity contribution < 1.29 is 13.9 Å². The average Bonchev–Trinajstić information content (AvgIpc) is 2.32. The fourth-order valence-corrected chi connectivity index (χ4v) is 1.50. The number of hydrogen-bond acceptors (Lipinski definition) is 4. The van der Waals surface area contributed by atoms with Gasteiger partial charge in [-0.3, -0.25) is 0 Å². The van der Waals surface area contributed by atoms with Crippen molar-refractivity contribution in [3.63, 3.8) is 0 Å². The summed E-state index contributed by atoms with van der Waals surface area (Å²) in [5.41, 5.74) is 0.519. The Morgan fingerprint density at radius 1 is 1.39 bits per heavy atom. The average molecular weight is 280 g/mol. The van der Waals surface area contributed by atoms with E-state index in [1.165, 1.54) is 0 Å². The maximum absolute atomic E-state index is 12.9. The molecule has 1 heterocycles. The van der Waals surface area contributed by atoms with Crippen LogP contribution in [0.5, 0.6) is 0 Å². The lowest BCUT2D eigenvalue weighted by Crippen LogP contribution is -2.31. The second kappa shape index (κ2) is 6.24. The van der Waals surface area contributed by atoms with Crippen molar-refractivity contribution in [1.29, 1.82) is 0 Å². The van der Waals surface area contributed by atoms with Crippen molar-refractivity contribution >= 4 is 17.4 Å². The van der Waals surface area contributed by atoms with E-state index >= 15 is 0 Å². The van der Waals surface area contributed by atoms with Crippen LogP contribution >= 0.6 is 11.6 Å². The first-order valence-corrected chi connectivity index (χ1v) is 6.03.